The number of rotatable bonds is 2. The van der Waals surface area contributed by atoms with Crippen molar-refractivity contribution in [2.24, 2.45) is 0 Å². The van der Waals surface area contributed by atoms with Gasteiger partial charge in [-0.1, -0.05) is 0 Å². The van der Waals surface area contributed by atoms with Crippen molar-refractivity contribution in [3.63, 3.8) is 0 Å². The highest BCUT2D eigenvalue weighted by Crippen LogP contribution is 2.45. The van der Waals surface area contributed by atoms with Crippen LogP contribution in [0.25, 0.3) is 0 Å². The van der Waals surface area contributed by atoms with Gasteiger partial charge in [0.2, 0.25) is 11.6 Å². The van der Waals surface area contributed by atoms with E-state index in [4.69, 9.17) is 0 Å². The molecule has 10 heteroatoms. The molecule has 0 saturated heterocycles. The summed E-state index contributed by atoms with van der Waals surface area (Å²) in [6, 6.07) is 0. The molecule has 0 aliphatic rings. The highest BCUT2D eigenvalue weighted by molar-refractivity contribution is 5.16. The lowest BCUT2D eigenvalue weighted by Crippen LogP contribution is -2.39. The van der Waals surface area contributed by atoms with Gasteiger partial charge in [0.25, 0.3) is 0 Å². The minimum atomic E-state index is -6.48. The maximum atomic E-state index is 12.4. The van der Waals surface area contributed by atoms with Crippen LogP contribution in [0.3, 0.4) is 0 Å². The van der Waals surface area contributed by atoms with Gasteiger partial charge in [-0.3, -0.25) is 0 Å². The highest BCUT2D eigenvalue weighted by Gasteiger charge is 2.64. The first-order valence-electron chi connectivity index (χ1n) is 3.31. The van der Waals surface area contributed by atoms with Crippen molar-refractivity contribution in [1.29, 1.82) is 0 Å². The Morgan fingerprint density at radius 1 is 0.875 bits per heavy atom. The Morgan fingerprint density at radius 2 is 1.25 bits per heavy atom. The summed E-state index contributed by atoms with van der Waals surface area (Å²) in [6.45, 7) is 0. The van der Waals surface area contributed by atoms with E-state index in [2.05, 4.69) is 4.74 Å². The first-order chi connectivity index (χ1) is 6.85. The number of ether oxygens (including phenoxy) is 1. The summed E-state index contributed by atoms with van der Waals surface area (Å²) >= 11 is 0. The molecule has 0 bridgehead atoms. The molecule has 0 aromatic carbocycles. The van der Waals surface area contributed by atoms with Crippen molar-refractivity contribution in [2.45, 2.75) is 18.3 Å². The zero-order valence-electron chi connectivity index (χ0n) is 7.31. The summed E-state index contributed by atoms with van der Waals surface area (Å²) in [5.41, 5.74) is 0. The summed E-state index contributed by atoms with van der Waals surface area (Å²) in [5, 5.41) is 0. The number of methoxy groups -OCH3 is 1. The third-order valence-corrected chi connectivity index (χ3v) is 1.29. The Labute approximate surface area is 82.5 Å². The maximum Gasteiger partial charge on any atom is 0.460 e. The van der Waals surface area contributed by atoms with Crippen molar-refractivity contribution < 1.29 is 44.3 Å². The Kier molecular flexibility index (Phi) is 3.78. The summed E-state index contributed by atoms with van der Waals surface area (Å²) in [5.74, 6) is -13.0. The zero-order valence-corrected chi connectivity index (χ0v) is 7.31. The van der Waals surface area contributed by atoms with Crippen LogP contribution in [-0.4, -0.2) is 25.4 Å². The van der Waals surface area contributed by atoms with E-state index in [1.165, 1.54) is 0 Å². The van der Waals surface area contributed by atoms with Gasteiger partial charge in [-0.2, -0.15) is 35.1 Å². The number of hydrogen-bond acceptors (Lipinski definition) is 1. The second kappa shape index (κ2) is 4.06. The minimum Gasteiger partial charge on any atom is -0.490 e. The fourth-order valence-corrected chi connectivity index (χ4v) is 0.597. The van der Waals surface area contributed by atoms with E-state index in [1.54, 1.807) is 0 Å². The molecule has 0 fully saturated rings. The van der Waals surface area contributed by atoms with E-state index < -0.39 is 29.9 Å². The molecule has 0 aromatic heterocycles. The Morgan fingerprint density at radius 3 is 1.44 bits per heavy atom. The summed E-state index contributed by atoms with van der Waals surface area (Å²) in [6.07, 6.45) is -12.3. The fraction of sp³-hybridized carbons (Fsp3) is 0.667. The molecule has 0 amide bonds. The first-order valence-corrected chi connectivity index (χ1v) is 3.31. The monoisotopic (exact) mass is 262 g/mol. The lowest BCUT2D eigenvalue weighted by molar-refractivity contribution is -0.273. The van der Waals surface area contributed by atoms with Gasteiger partial charge >= 0.3 is 18.3 Å². The van der Waals surface area contributed by atoms with Crippen LogP contribution in [0.1, 0.15) is 0 Å². The summed E-state index contributed by atoms with van der Waals surface area (Å²) in [4.78, 5) is 0. The van der Waals surface area contributed by atoms with Gasteiger partial charge < -0.3 is 4.74 Å². The lowest BCUT2D eigenvalue weighted by Gasteiger charge is -2.20. The van der Waals surface area contributed by atoms with Crippen LogP contribution in [0.4, 0.5) is 39.5 Å². The second-order valence-corrected chi connectivity index (χ2v) is 2.42. The van der Waals surface area contributed by atoms with Crippen LogP contribution in [0.2, 0.25) is 0 Å². The van der Waals surface area contributed by atoms with Gasteiger partial charge in [0.05, 0.1) is 7.11 Å². The van der Waals surface area contributed by atoms with E-state index in [0.717, 1.165) is 0 Å². The van der Waals surface area contributed by atoms with Crippen molar-refractivity contribution in [3.05, 3.63) is 11.6 Å². The Balaban J connectivity index is 5.62. The molecule has 0 atom stereocenters. The molecule has 1 nitrogen and oxygen atoms in total. The molecule has 0 aliphatic carbocycles. The molecule has 0 rings (SSSR count). The maximum absolute atomic E-state index is 12.4. The smallest absolute Gasteiger partial charge is 0.460 e. The van der Waals surface area contributed by atoms with Crippen molar-refractivity contribution >= 4 is 0 Å². The van der Waals surface area contributed by atoms with Crippen LogP contribution in [0.15, 0.2) is 11.6 Å². The van der Waals surface area contributed by atoms with Crippen molar-refractivity contribution in [3.8, 4) is 0 Å². The molecule has 96 valence electrons. The fourth-order valence-electron chi connectivity index (χ4n) is 0.597. The third kappa shape index (κ3) is 2.73. The molecule has 0 heterocycles. The number of allylic oxidation sites excluding steroid dienone is 2. The predicted molar refractivity (Wildman–Crippen MR) is 32.2 cm³/mol. The molecular formula is C6H3F9O. The molecule has 0 aromatic rings. The standard InChI is InChI=1S/C6H3F9O/c1-16-3(5(10,11)12)2(7)4(8,9)6(13,14)15/h1H3/b3-2+. The zero-order chi connectivity index (χ0) is 13.4. The van der Waals surface area contributed by atoms with Gasteiger partial charge in [0.15, 0.2) is 0 Å². The minimum absolute atomic E-state index is 0.120. The van der Waals surface area contributed by atoms with Crippen molar-refractivity contribution in [1.82, 2.24) is 0 Å². The average molecular weight is 262 g/mol. The molecule has 0 N–H and O–H groups in total. The molecule has 0 unspecified atom stereocenters. The van der Waals surface area contributed by atoms with E-state index in [9.17, 15) is 39.5 Å². The van der Waals surface area contributed by atoms with E-state index in [-0.39, 0.29) is 7.11 Å². The van der Waals surface area contributed by atoms with Crippen molar-refractivity contribution in [2.75, 3.05) is 7.11 Å². The van der Waals surface area contributed by atoms with Gasteiger partial charge in [-0.05, 0) is 0 Å². The Bertz CT molecular complexity index is 283. The van der Waals surface area contributed by atoms with Crippen LogP contribution >= 0.6 is 0 Å². The SMILES string of the molecule is CO/C(=C(/F)C(F)(F)C(F)(F)F)C(F)(F)F. The van der Waals surface area contributed by atoms with Gasteiger partial charge in [-0.15, -0.1) is 0 Å². The predicted octanol–water partition coefficient (Wildman–Crippen LogP) is 3.57. The normalized spacial score (nSPS) is 15.9. The number of halogens is 9. The second-order valence-electron chi connectivity index (χ2n) is 2.42. The molecule has 0 radical (unpaired) electrons. The molecular weight excluding hydrogens is 259 g/mol. The summed E-state index contributed by atoms with van der Waals surface area (Å²) in [7, 11) is 0.120. The highest BCUT2D eigenvalue weighted by atomic mass is 19.4. The summed E-state index contributed by atoms with van der Waals surface area (Å²) < 4.78 is 110. The van der Waals surface area contributed by atoms with E-state index in [1.807, 2.05) is 0 Å². The molecule has 16 heavy (non-hydrogen) atoms. The Hall–Kier alpha value is -1.09. The topological polar surface area (TPSA) is 9.23 Å². The van der Waals surface area contributed by atoms with Gasteiger partial charge in [0, 0.05) is 0 Å². The number of hydrogen-bond donors (Lipinski definition) is 0. The van der Waals surface area contributed by atoms with Gasteiger partial charge in [0.1, 0.15) is 0 Å². The van der Waals surface area contributed by atoms with Crippen LogP contribution in [0.5, 0.6) is 0 Å². The third-order valence-electron chi connectivity index (χ3n) is 1.29. The van der Waals surface area contributed by atoms with E-state index in [0.29, 0.717) is 0 Å². The lowest BCUT2D eigenvalue weighted by atomic mass is 10.2. The molecule has 0 spiro atoms. The number of alkyl halides is 8. The molecule has 0 saturated carbocycles. The average Bonchev–Trinajstić information content (AvgIpc) is 2.00. The van der Waals surface area contributed by atoms with Gasteiger partial charge in [-0.25, -0.2) is 4.39 Å². The van der Waals surface area contributed by atoms with Crippen LogP contribution in [0, 0.1) is 0 Å². The van der Waals surface area contributed by atoms with E-state index >= 15 is 0 Å². The molecule has 0 aliphatic heterocycles. The quantitative estimate of drug-likeness (QED) is 0.546. The first kappa shape index (κ1) is 14.9. The largest absolute Gasteiger partial charge is 0.490 e. The van der Waals surface area contributed by atoms with Crippen LogP contribution in [-0.2, 0) is 4.74 Å². The van der Waals surface area contributed by atoms with Crippen LogP contribution < -0.4 is 0 Å².